The number of hydrogen-bond donors (Lipinski definition) is 1. The summed E-state index contributed by atoms with van der Waals surface area (Å²) < 4.78 is 6.43. The van der Waals surface area contributed by atoms with Crippen LogP contribution in [0.1, 0.15) is 51.0 Å². The minimum absolute atomic E-state index is 0.259. The largest absolute Gasteiger partial charge is 0.455 e. The van der Waals surface area contributed by atoms with Crippen molar-refractivity contribution in [1.82, 2.24) is 4.98 Å². The number of H-pyrrole nitrogens is 1. The van der Waals surface area contributed by atoms with E-state index in [-0.39, 0.29) is 5.97 Å². The van der Waals surface area contributed by atoms with E-state index in [0.29, 0.717) is 18.3 Å². The van der Waals surface area contributed by atoms with Crippen molar-refractivity contribution < 1.29 is 14.0 Å². The average molecular weight is 281 g/mol. The van der Waals surface area contributed by atoms with Crippen molar-refractivity contribution >= 4 is 5.97 Å². The zero-order chi connectivity index (χ0) is 15.0. The Labute approximate surface area is 122 Å². The van der Waals surface area contributed by atoms with Crippen LogP contribution in [0.3, 0.4) is 0 Å². The third kappa shape index (κ3) is 4.10. The van der Waals surface area contributed by atoms with Gasteiger partial charge in [-0.1, -0.05) is 13.8 Å². The Bertz CT molecular complexity index is 389. The molecule has 20 heavy (non-hydrogen) atoms. The van der Waals surface area contributed by atoms with Gasteiger partial charge in [-0.05, 0) is 38.8 Å². The molecule has 0 bridgehead atoms. The van der Waals surface area contributed by atoms with Crippen molar-refractivity contribution in [2.45, 2.75) is 46.6 Å². The first-order valence-electron chi connectivity index (χ1n) is 7.75. The van der Waals surface area contributed by atoms with Crippen molar-refractivity contribution in [3.05, 3.63) is 24.0 Å². The Morgan fingerprint density at radius 3 is 2.60 bits per heavy atom. The topological polar surface area (TPSA) is 42.1 Å². The third-order valence-electron chi connectivity index (χ3n) is 4.41. The number of likely N-dealkylation sites (N-methyl/N-ethyl adjacent to an activating group) is 1. The van der Waals surface area contributed by atoms with Gasteiger partial charge in [0.15, 0.2) is 0 Å². The Balaban J connectivity index is 2.56. The first-order valence-corrected chi connectivity index (χ1v) is 7.75. The lowest BCUT2D eigenvalue weighted by Crippen LogP contribution is -2.56. The molecule has 1 rings (SSSR count). The number of esters is 1. The van der Waals surface area contributed by atoms with E-state index >= 15 is 0 Å². The molecule has 0 aliphatic rings. The van der Waals surface area contributed by atoms with Crippen LogP contribution in [0.5, 0.6) is 0 Å². The van der Waals surface area contributed by atoms with Crippen molar-refractivity contribution in [2.75, 3.05) is 26.2 Å². The molecule has 1 heterocycles. The van der Waals surface area contributed by atoms with E-state index in [4.69, 9.17) is 4.74 Å². The first kappa shape index (κ1) is 16.8. The van der Waals surface area contributed by atoms with Gasteiger partial charge >= 0.3 is 5.97 Å². The zero-order valence-corrected chi connectivity index (χ0v) is 13.3. The van der Waals surface area contributed by atoms with Crippen LogP contribution in [0, 0.1) is 0 Å². The number of nitrogens with one attached hydrogen (secondary N) is 1. The molecule has 2 atom stereocenters. The van der Waals surface area contributed by atoms with E-state index in [1.807, 2.05) is 0 Å². The summed E-state index contributed by atoms with van der Waals surface area (Å²) in [5.74, 6) is -0.259. The molecule has 1 N–H and O–H groups in total. The maximum absolute atomic E-state index is 11.8. The number of quaternary nitrogens is 1. The predicted octanol–water partition coefficient (Wildman–Crippen LogP) is 3.22. The van der Waals surface area contributed by atoms with E-state index in [1.54, 1.807) is 18.3 Å². The first-order chi connectivity index (χ1) is 9.59. The van der Waals surface area contributed by atoms with Crippen LogP contribution in [0.25, 0.3) is 0 Å². The van der Waals surface area contributed by atoms with Gasteiger partial charge in [-0.3, -0.25) is 0 Å². The number of carbonyl (C=O) groups is 1. The molecule has 0 aromatic carbocycles. The number of carbonyl (C=O) groups excluding carboxylic acids is 1. The summed E-state index contributed by atoms with van der Waals surface area (Å²) in [6, 6.07) is 4.15. The number of ether oxygens (including phenoxy) is 1. The molecular weight excluding hydrogens is 252 g/mol. The second-order valence-electron chi connectivity index (χ2n) is 5.46. The lowest BCUT2D eigenvalue weighted by Gasteiger charge is -2.42. The standard InChI is InChI=1S/C16H28N2O2/c1-5-11-18(7-3,14(4)6-2)12-13-20-16(19)15-9-8-10-17-15/h8-10,14H,5-7,11-13H2,1-4H3/p+1. The fourth-order valence-corrected chi connectivity index (χ4v) is 2.87. The van der Waals surface area contributed by atoms with Crippen LogP contribution >= 0.6 is 0 Å². The minimum Gasteiger partial charge on any atom is -0.455 e. The lowest BCUT2D eigenvalue weighted by atomic mass is 10.1. The molecule has 0 spiro atoms. The highest BCUT2D eigenvalue weighted by Gasteiger charge is 2.30. The van der Waals surface area contributed by atoms with Crippen molar-refractivity contribution in [1.29, 1.82) is 0 Å². The van der Waals surface area contributed by atoms with E-state index in [0.717, 1.165) is 37.0 Å². The maximum Gasteiger partial charge on any atom is 0.354 e. The molecular formula is C16H29N2O2+. The Kier molecular flexibility index (Phi) is 6.79. The van der Waals surface area contributed by atoms with Crippen molar-refractivity contribution in [2.24, 2.45) is 0 Å². The van der Waals surface area contributed by atoms with Crippen LogP contribution in [0.15, 0.2) is 18.3 Å². The highest BCUT2D eigenvalue weighted by atomic mass is 16.5. The molecule has 0 amide bonds. The summed E-state index contributed by atoms with van der Waals surface area (Å²) >= 11 is 0. The molecule has 4 heteroatoms. The Hall–Kier alpha value is -1.29. The molecule has 4 nitrogen and oxygen atoms in total. The van der Waals surface area contributed by atoms with Crippen LogP contribution in [0.2, 0.25) is 0 Å². The highest BCUT2D eigenvalue weighted by molar-refractivity contribution is 5.87. The van der Waals surface area contributed by atoms with Gasteiger partial charge in [0.25, 0.3) is 0 Å². The Morgan fingerprint density at radius 1 is 1.35 bits per heavy atom. The highest BCUT2D eigenvalue weighted by Crippen LogP contribution is 2.17. The minimum atomic E-state index is -0.259. The fraction of sp³-hybridized carbons (Fsp3) is 0.688. The molecule has 0 saturated carbocycles. The van der Waals surface area contributed by atoms with Gasteiger partial charge in [0, 0.05) is 6.20 Å². The van der Waals surface area contributed by atoms with Crippen molar-refractivity contribution in [3.63, 3.8) is 0 Å². The van der Waals surface area contributed by atoms with Crippen LogP contribution < -0.4 is 0 Å². The van der Waals surface area contributed by atoms with Gasteiger partial charge in [0.05, 0.1) is 19.1 Å². The maximum atomic E-state index is 11.8. The van der Waals surface area contributed by atoms with Crippen LogP contribution in [-0.4, -0.2) is 47.7 Å². The molecule has 2 unspecified atom stereocenters. The molecule has 0 radical (unpaired) electrons. The number of aromatic amines is 1. The quantitative estimate of drug-likeness (QED) is 0.558. The van der Waals surface area contributed by atoms with Crippen LogP contribution in [-0.2, 0) is 4.74 Å². The van der Waals surface area contributed by atoms with Gasteiger partial charge in [-0.2, -0.15) is 0 Å². The Morgan fingerprint density at radius 2 is 2.10 bits per heavy atom. The molecule has 0 saturated heterocycles. The monoisotopic (exact) mass is 281 g/mol. The summed E-state index contributed by atoms with van der Waals surface area (Å²) in [4.78, 5) is 14.7. The number of hydrogen-bond acceptors (Lipinski definition) is 2. The molecule has 1 aromatic rings. The number of nitrogens with zero attached hydrogens (tertiary/aromatic N) is 1. The average Bonchev–Trinajstić information content (AvgIpc) is 2.99. The van der Waals surface area contributed by atoms with E-state index < -0.39 is 0 Å². The molecule has 1 aromatic heterocycles. The molecule has 0 aliphatic heterocycles. The third-order valence-corrected chi connectivity index (χ3v) is 4.41. The van der Waals surface area contributed by atoms with E-state index in [1.165, 1.54) is 0 Å². The van der Waals surface area contributed by atoms with E-state index in [9.17, 15) is 4.79 Å². The zero-order valence-electron chi connectivity index (χ0n) is 13.3. The summed E-state index contributed by atoms with van der Waals surface area (Å²) in [6.45, 7) is 12.6. The molecule has 0 aliphatic carbocycles. The summed E-state index contributed by atoms with van der Waals surface area (Å²) in [6.07, 6.45) is 4.04. The SMILES string of the molecule is CCC[N+](CC)(CCOC(=O)c1ccc[nH]1)C(C)CC. The second-order valence-corrected chi connectivity index (χ2v) is 5.46. The summed E-state index contributed by atoms with van der Waals surface area (Å²) in [5, 5.41) is 0. The van der Waals surface area contributed by atoms with E-state index in [2.05, 4.69) is 32.7 Å². The number of rotatable bonds is 9. The lowest BCUT2D eigenvalue weighted by molar-refractivity contribution is -0.948. The second kappa shape index (κ2) is 8.10. The molecule has 0 fully saturated rings. The predicted molar refractivity (Wildman–Crippen MR) is 81.7 cm³/mol. The fourth-order valence-electron chi connectivity index (χ4n) is 2.87. The normalized spacial score (nSPS) is 15.6. The van der Waals surface area contributed by atoms with Gasteiger partial charge in [-0.25, -0.2) is 4.79 Å². The van der Waals surface area contributed by atoms with Gasteiger partial charge in [-0.15, -0.1) is 0 Å². The number of aromatic nitrogens is 1. The smallest absolute Gasteiger partial charge is 0.354 e. The van der Waals surface area contributed by atoms with Crippen LogP contribution in [0.4, 0.5) is 0 Å². The summed E-state index contributed by atoms with van der Waals surface area (Å²) in [7, 11) is 0. The summed E-state index contributed by atoms with van der Waals surface area (Å²) in [5.41, 5.74) is 0.527. The van der Waals surface area contributed by atoms with Crippen molar-refractivity contribution in [3.8, 4) is 0 Å². The van der Waals surface area contributed by atoms with Gasteiger partial charge in [0.2, 0.25) is 0 Å². The molecule has 114 valence electrons. The van der Waals surface area contributed by atoms with Gasteiger partial charge < -0.3 is 14.2 Å². The van der Waals surface area contributed by atoms with Gasteiger partial charge in [0.1, 0.15) is 18.8 Å².